The lowest BCUT2D eigenvalue weighted by molar-refractivity contribution is -0.127. The van der Waals surface area contributed by atoms with Gasteiger partial charge in [-0.05, 0) is 49.9 Å². The number of amides is 4. The Morgan fingerprint density at radius 2 is 1.59 bits per heavy atom. The first-order valence-corrected chi connectivity index (χ1v) is 11.0. The Labute approximate surface area is 186 Å². The molecule has 1 aromatic heterocycles. The van der Waals surface area contributed by atoms with Gasteiger partial charge in [0.25, 0.3) is 0 Å². The van der Waals surface area contributed by atoms with Crippen LogP contribution >= 0.6 is 0 Å². The number of benzene rings is 1. The molecule has 2 aliphatic rings. The number of hydrogen-bond donors (Lipinski definition) is 2. The molecule has 4 amide bonds. The third-order valence-electron chi connectivity index (χ3n) is 5.82. The predicted molar refractivity (Wildman–Crippen MR) is 116 cm³/mol. The molecule has 2 saturated heterocycles. The zero-order valence-electron chi connectivity index (χ0n) is 17.9. The fraction of sp³-hybridized carbons (Fsp3) is 0.435. The average Bonchev–Trinajstić information content (AvgIpc) is 3.54. The standard InChI is InChI=1S/C23H28N4O5/c28-21(17-10-14-27(15-11-17)23(30)26-12-4-5-13-26)24-25-22(29)20-9-8-19(32-20)16-31-18-6-2-1-3-7-18/h1-3,6-9,17H,4-5,10-16H2,(H,24,28)(H,25,29). The summed E-state index contributed by atoms with van der Waals surface area (Å²) < 4.78 is 11.1. The summed E-state index contributed by atoms with van der Waals surface area (Å²) in [5.74, 6) is 0.250. The molecule has 3 heterocycles. The number of likely N-dealkylation sites (tertiary alicyclic amines) is 2. The van der Waals surface area contributed by atoms with E-state index in [1.165, 1.54) is 6.07 Å². The molecule has 0 spiro atoms. The van der Waals surface area contributed by atoms with Crippen LogP contribution in [-0.4, -0.2) is 53.8 Å². The Balaban J connectivity index is 1.18. The second kappa shape index (κ2) is 10.2. The first kappa shape index (κ1) is 21.7. The van der Waals surface area contributed by atoms with Crippen LogP contribution in [0.1, 0.15) is 42.0 Å². The molecule has 2 N–H and O–H groups in total. The minimum absolute atomic E-state index is 0.0690. The number of furan rings is 1. The number of hydrazine groups is 1. The third kappa shape index (κ3) is 5.40. The molecule has 0 radical (unpaired) electrons. The molecule has 0 bridgehead atoms. The smallest absolute Gasteiger partial charge is 0.319 e. The van der Waals surface area contributed by atoms with Gasteiger partial charge < -0.3 is 19.0 Å². The summed E-state index contributed by atoms with van der Waals surface area (Å²) in [7, 11) is 0. The molecule has 4 rings (SSSR count). The number of nitrogens with one attached hydrogen (secondary N) is 2. The molecule has 1 aromatic carbocycles. The molecule has 9 heteroatoms. The van der Waals surface area contributed by atoms with Crippen molar-refractivity contribution in [2.24, 2.45) is 5.92 Å². The molecular weight excluding hydrogens is 412 g/mol. The van der Waals surface area contributed by atoms with E-state index in [1.807, 2.05) is 40.1 Å². The first-order valence-electron chi connectivity index (χ1n) is 11.0. The van der Waals surface area contributed by atoms with Crippen molar-refractivity contribution in [1.29, 1.82) is 0 Å². The molecular formula is C23H28N4O5. The van der Waals surface area contributed by atoms with Gasteiger partial charge in [-0.2, -0.15) is 0 Å². The number of carbonyl (C=O) groups excluding carboxylic acids is 3. The van der Waals surface area contributed by atoms with E-state index in [9.17, 15) is 14.4 Å². The quantitative estimate of drug-likeness (QED) is 0.696. The molecule has 2 aliphatic heterocycles. The summed E-state index contributed by atoms with van der Waals surface area (Å²) in [6, 6.07) is 12.6. The van der Waals surface area contributed by atoms with Gasteiger partial charge in [0, 0.05) is 32.1 Å². The van der Waals surface area contributed by atoms with Gasteiger partial charge in [0.2, 0.25) is 5.91 Å². The zero-order valence-corrected chi connectivity index (χ0v) is 17.9. The third-order valence-corrected chi connectivity index (χ3v) is 5.82. The summed E-state index contributed by atoms with van der Waals surface area (Å²) >= 11 is 0. The van der Waals surface area contributed by atoms with Crippen molar-refractivity contribution in [3.8, 4) is 5.75 Å². The highest BCUT2D eigenvalue weighted by Crippen LogP contribution is 2.20. The van der Waals surface area contributed by atoms with Crippen LogP contribution in [0.15, 0.2) is 46.9 Å². The van der Waals surface area contributed by atoms with E-state index in [0.717, 1.165) is 25.9 Å². The fourth-order valence-corrected chi connectivity index (χ4v) is 3.97. The predicted octanol–water partition coefficient (Wildman–Crippen LogP) is 2.55. The van der Waals surface area contributed by atoms with Crippen LogP contribution in [0.25, 0.3) is 0 Å². The summed E-state index contributed by atoms with van der Waals surface area (Å²) in [5, 5.41) is 0. The number of para-hydroxylation sites is 1. The minimum Gasteiger partial charge on any atom is -0.486 e. The molecule has 0 atom stereocenters. The number of rotatable bonds is 5. The first-order chi connectivity index (χ1) is 15.6. The van der Waals surface area contributed by atoms with Gasteiger partial charge in [-0.1, -0.05) is 18.2 Å². The van der Waals surface area contributed by atoms with Crippen LogP contribution in [-0.2, 0) is 11.4 Å². The molecule has 0 saturated carbocycles. The molecule has 0 aliphatic carbocycles. The van der Waals surface area contributed by atoms with Crippen molar-refractivity contribution < 1.29 is 23.5 Å². The maximum absolute atomic E-state index is 12.5. The maximum atomic E-state index is 12.5. The van der Waals surface area contributed by atoms with Crippen LogP contribution in [0.2, 0.25) is 0 Å². The molecule has 2 aromatic rings. The van der Waals surface area contributed by atoms with Crippen molar-refractivity contribution in [2.45, 2.75) is 32.3 Å². The molecule has 32 heavy (non-hydrogen) atoms. The number of nitrogens with zero attached hydrogens (tertiary/aromatic N) is 2. The van der Waals surface area contributed by atoms with Gasteiger partial charge in [-0.3, -0.25) is 20.4 Å². The second-order valence-electron chi connectivity index (χ2n) is 8.05. The van der Waals surface area contributed by atoms with Crippen LogP contribution in [0.4, 0.5) is 4.79 Å². The van der Waals surface area contributed by atoms with Crippen LogP contribution < -0.4 is 15.6 Å². The summed E-state index contributed by atoms with van der Waals surface area (Å²) in [6.07, 6.45) is 3.26. The van der Waals surface area contributed by atoms with E-state index in [-0.39, 0.29) is 30.2 Å². The second-order valence-corrected chi connectivity index (χ2v) is 8.05. The van der Waals surface area contributed by atoms with Crippen molar-refractivity contribution >= 4 is 17.8 Å². The monoisotopic (exact) mass is 440 g/mol. The summed E-state index contributed by atoms with van der Waals surface area (Å²) in [4.78, 5) is 40.9. The minimum atomic E-state index is -0.536. The highest BCUT2D eigenvalue weighted by Gasteiger charge is 2.30. The lowest BCUT2D eigenvalue weighted by Crippen LogP contribution is -2.50. The van der Waals surface area contributed by atoms with Gasteiger partial charge in [0.15, 0.2) is 5.76 Å². The lowest BCUT2D eigenvalue weighted by atomic mass is 9.96. The Morgan fingerprint density at radius 1 is 0.906 bits per heavy atom. The Kier molecular flexibility index (Phi) is 6.94. The maximum Gasteiger partial charge on any atom is 0.319 e. The zero-order chi connectivity index (χ0) is 22.3. The van der Waals surface area contributed by atoms with Gasteiger partial charge in [0.1, 0.15) is 18.1 Å². The van der Waals surface area contributed by atoms with E-state index in [0.29, 0.717) is 37.4 Å². The normalized spacial score (nSPS) is 16.6. The van der Waals surface area contributed by atoms with Gasteiger partial charge in [-0.25, -0.2) is 4.79 Å². The number of ether oxygens (including phenoxy) is 1. The number of hydrogen-bond acceptors (Lipinski definition) is 5. The van der Waals surface area contributed by atoms with Crippen molar-refractivity contribution in [3.05, 3.63) is 54.0 Å². The molecule has 170 valence electrons. The number of carbonyl (C=O) groups is 3. The topological polar surface area (TPSA) is 104 Å². The highest BCUT2D eigenvalue weighted by molar-refractivity contribution is 5.93. The van der Waals surface area contributed by atoms with E-state index in [4.69, 9.17) is 9.15 Å². The van der Waals surface area contributed by atoms with Crippen LogP contribution in [0, 0.1) is 5.92 Å². The van der Waals surface area contributed by atoms with E-state index < -0.39 is 5.91 Å². The van der Waals surface area contributed by atoms with Crippen LogP contribution in [0.3, 0.4) is 0 Å². The van der Waals surface area contributed by atoms with Crippen LogP contribution in [0.5, 0.6) is 5.75 Å². The molecule has 9 nitrogen and oxygen atoms in total. The Hall–Kier alpha value is -3.49. The van der Waals surface area contributed by atoms with E-state index >= 15 is 0 Å². The van der Waals surface area contributed by atoms with Crippen molar-refractivity contribution in [1.82, 2.24) is 20.7 Å². The number of urea groups is 1. The van der Waals surface area contributed by atoms with Gasteiger partial charge in [0.05, 0.1) is 0 Å². The molecule has 2 fully saturated rings. The summed E-state index contributed by atoms with van der Waals surface area (Å²) in [5.41, 5.74) is 4.87. The fourth-order valence-electron chi connectivity index (χ4n) is 3.97. The lowest BCUT2D eigenvalue weighted by Gasteiger charge is -2.33. The largest absolute Gasteiger partial charge is 0.486 e. The van der Waals surface area contributed by atoms with E-state index in [1.54, 1.807) is 6.07 Å². The van der Waals surface area contributed by atoms with Gasteiger partial charge in [-0.15, -0.1) is 0 Å². The Bertz CT molecular complexity index is 931. The van der Waals surface area contributed by atoms with Crippen molar-refractivity contribution in [3.63, 3.8) is 0 Å². The van der Waals surface area contributed by atoms with Crippen molar-refractivity contribution in [2.75, 3.05) is 26.2 Å². The van der Waals surface area contributed by atoms with Gasteiger partial charge >= 0.3 is 11.9 Å². The summed E-state index contributed by atoms with van der Waals surface area (Å²) in [6.45, 7) is 2.92. The SMILES string of the molecule is O=C(NNC(=O)C1CCN(C(=O)N2CCCC2)CC1)c1ccc(COc2ccccc2)o1. The number of piperidine rings is 1. The van der Waals surface area contributed by atoms with E-state index in [2.05, 4.69) is 10.9 Å². The molecule has 0 unspecified atom stereocenters. The average molecular weight is 441 g/mol. The highest BCUT2D eigenvalue weighted by atomic mass is 16.5. The Morgan fingerprint density at radius 3 is 2.31 bits per heavy atom.